The number of hydrogen-bond donors (Lipinski definition) is 2. The van der Waals surface area contributed by atoms with Gasteiger partial charge in [-0.3, -0.25) is 9.89 Å². The maximum Gasteiger partial charge on any atom is 0.272 e. The van der Waals surface area contributed by atoms with Crippen LogP contribution in [0.25, 0.3) is 10.9 Å². The second-order valence-electron chi connectivity index (χ2n) is 6.06. The Balaban J connectivity index is 1.73. The number of para-hydroxylation sites is 1. The van der Waals surface area contributed by atoms with E-state index in [9.17, 15) is 4.79 Å². The first-order valence-electron chi connectivity index (χ1n) is 8.67. The van der Waals surface area contributed by atoms with Crippen LogP contribution in [0.3, 0.4) is 0 Å². The van der Waals surface area contributed by atoms with Gasteiger partial charge in [-0.1, -0.05) is 24.3 Å². The summed E-state index contributed by atoms with van der Waals surface area (Å²) in [6.07, 6.45) is 0. The zero-order valence-corrected chi connectivity index (χ0v) is 15.6. The largest absolute Gasteiger partial charge is 0.493 e. The van der Waals surface area contributed by atoms with Crippen LogP contribution in [-0.4, -0.2) is 43.5 Å². The van der Waals surface area contributed by atoms with Crippen molar-refractivity contribution >= 4 is 16.8 Å². The number of carbonyl (C=O) groups is 1. The molecule has 0 spiro atoms. The van der Waals surface area contributed by atoms with Gasteiger partial charge in [0.15, 0.2) is 17.2 Å². The minimum atomic E-state index is -0.237. The van der Waals surface area contributed by atoms with Crippen molar-refractivity contribution in [2.75, 3.05) is 27.4 Å². The molecule has 142 valence electrons. The van der Waals surface area contributed by atoms with E-state index in [1.165, 1.54) is 0 Å². The van der Waals surface area contributed by atoms with Crippen molar-refractivity contribution in [2.45, 2.75) is 13.0 Å². The molecule has 2 aromatic carbocycles. The number of fused-ring (bicyclic) bond motifs is 1. The summed E-state index contributed by atoms with van der Waals surface area (Å²) < 4.78 is 16.0. The van der Waals surface area contributed by atoms with Crippen molar-refractivity contribution in [2.24, 2.45) is 0 Å². The predicted molar refractivity (Wildman–Crippen MR) is 102 cm³/mol. The normalized spacial score (nSPS) is 12.0. The number of nitrogens with zero attached hydrogens (tertiary/aromatic N) is 1. The number of methoxy groups -OCH3 is 2. The van der Waals surface area contributed by atoms with Crippen LogP contribution in [-0.2, 0) is 4.74 Å². The number of H-pyrrole nitrogens is 1. The van der Waals surface area contributed by atoms with Crippen molar-refractivity contribution in [3.63, 3.8) is 0 Å². The second kappa shape index (κ2) is 8.55. The highest BCUT2D eigenvalue weighted by Crippen LogP contribution is 2.30. The number of hydrogen-bond acceptors (Lipinski definition) is 5. The summed E-state index contributed by atoms with van der Waals surface area (Å²) in [6.45, 7) is 2.84. The molecule has 7 nitrogen and oxygen atoms in total. The lowest BCUT2D eigenvalue weighted by atomic mass is 10.1. The van der Waals surface area contributed by atoms with E-state index in [1.807, 2.05) is 49.4 Å². The van der Waals surface area contributed by atoms with Gasteiger partial charge in [0.1, 0.15) is 6.61 Å². The molecule has 1 heterocycles. The van der Waals surface area contributed by atoms with Gasteiger partial charge in [-0.05, 0) is 30.7 Å². The van der Waals surface area contributed by atoms with Crippen LogP contribution in [0.1, 0.15) is 29.0 Å². The number of ether oxygens (including phenoxy) is 3. The Morgan fingerprint density at radius 1 is 1.15 bits per heavy atom. The molecule has 27 heavy (non-hydrogen) atoms. The molecule has 1 amide bonds. The molecule has 2 N–H and O–H groups in total. The first-order valence-corrected chi connectivity index (χ1v) is 8.67. The lowest BCUT2D eigenvalue weighted by Gasteiger charge is -2.17. The van der Waals surface area contributed by atoms with Gasteiger partial charge >= 0.3 is 0 Å². The van der Waals surface area contributed by atoms with Crippen molar-refractivity contribution in [3.05, 3.63) is 53.7 Å². The molecule has 1 atom stereocenters. The molecule has 0 saturated carbocycles. The molecule has 0 fully saturated rings. The van der Waals surface area contributed by atoms with Crippen LogP contribution in [0.5, 0.6) is 11.5 Å². The second-order valence-corrected chi connectivity index (χ2v) is 6.06. The number of aromatic amines is 1. The SMILES string of the molecule is COCCOc1ccc(C(C)NC(=O)c2n[nH]c3ccccc23)cc1OC. The first-order chi connectivity index (χ1) is 13.1. The summed E-state index contributed by atoms with van der Waals surface area (Å²) in [6, 6.07) is 12.9. The summed E-state index contributed by atoms with van der Waals surface area (Å²) in [5, 5.41) is 10.8. The summed E-state index contributed by atoms with van der Waals surface area (Å²) in [4.78, 5) is 12.6. The van der Waals surface area contributed by atoms with Gasteiger partial charge in [-0.15, -0.1) is 0 Å². The number of benzene rings is 2. The number of carbonyl (C=O) groups excluding carboxylic acids is 1. The molecule has 1 aromatic heterocycles. The molecule has 3 aromatic rings. The fourth-order valence-electron chi connectivity index (χ4n) is 2.79. The number of aromatic nitrogens is 2. The van der Waals surface area contributed by atoms with Crippen LogP contribution in [0, 0.1) is 0 Å². The number of rotatable bonds is 8. The van der Waals surface area contributed by atoms with E-state index in [2.05, 4.69) is 15.5 Å². The Morgan fingerprint density at radius 2 is 1.96 bits per heavy atom. The zero-order chi connectivity index (χ0) is 19.2. The smallest absolute Gasteiger partial charge is 0.272 e. The van der Waals surface area contributed by atoms with E-state index >= 15 is 0 Å². The van der Waals surface area contributed by atoms with Crippen LogP contribution < -0.4 is 14.8 Å². The van der Waals surface area contributed by atoms with Crippen molar-refractivity contribution in [1.82, 2.24) is 15.5 Å². The topological polar surface area (TPSA) is 85.5 Å². The average Bonchev–Trinajstić information content (AvgIpc) is 3.12. The monoisotopic (exact) mass is 369 g/mol. The Morgan fingerprint density at radius 3 is 2.74 bits per heavy atom. The van der Waals surface area contributed by atoms with Gasteiger partial charge < -0.3 is 19.5 Å². The first kappa shape index (κ1) is 18.7. The molecular formula is C20H23N3O4. The molecule has 0 aliphatic heterocycles. The standard InChI is InChI=1S/C20H23N3O4/c1-13(14-8-9-17(18(12-14)26-3)27-11-10-25-2)21-20(24)19-15-6-4-5-7-16(15)22-23-19/h4-9,12-13H,10-11H2,1-3H3,(H,21,24)(H,22,23). The summed E-state index contributed by atoms with van der Waals surface area (Å²) in [5.74, 6) is 1.00. The lowest BCUT2D eigenvalue weighted by molar-refractivity contribution is 0.0936. The summed E-state index contributed by atoms with van der Waals surface area (Å²) >= 11 is 0. The van der Waals surface area contributed by atoms with Gasteiger partial charge in [0.25, 0.3) is 5.91 Å². The molecule has 7 heteroatoms. The van der Waals surface area contributed by atoms with Gasteiger partial charge in [0.2, 0.25) is 0 Å². The predicted octanol–water partition coefficient (Wildman–Crippen LogP) is 3.09. The zero-order valence-electron chi connectivity index (χ0n) is 15.6. The van der Waals surface area contributed by atoms with Crippen LogP contribution in [0.4, 0.5) is 0 Å². The Bertz CT molecular complexity index is 922. The molecule has 0 radical (unpaired) electrons. The number of nitrogens with one attached hydrogen (secondary N) is 2. The molecule has 0 saturated heterocycles. The van der Waals surface area contributed by atoms with Gasteiger partial charge in [-0.2, -0.15) is 5.10 Å². The van der Waals surface area contributed by atoms with E-state index in [-0.39, 0.29) is 11.9 Å². The van der Waals surface area contributed by atoms with Crippen LogP contribution in [0.2, 0.25) is 0 Å². The Hall–Kier alpha value is -3.06. The quantitative estimate of drug-likeness (QED) is 0.596. The van der Waals surface area contributed by atoms with Crippen molar-refractivity contribution in [1.29, 1.82) is 0 Å². The molecule has 0 aliphatic carbocycles. The third-order valence-corrected chi connectivity index (χ3v) is 4.27. The lowest BCUT2D eigenvalue weighted by Crippen LogP contribution is -2.27. The van der Waals surface area contributed by atoms with E-state index < -0.39 is 0 Å². The van der Waals surface area contributed by atoms with E-state index in [0.29, 0.717) is 30.4 Å². The molecule has 0 bridgehead atoms. The average molecular weight is 369 g/mol. The van der Waals surface area contributed by atoms with Crippen LogP contribution in [0.15, 0.2) is 42.5 Å². The fourth-order valence-corrected chi connectivity index (χ4v) is 2.79. The number of amides is 1. The summed E-state index contributed by atoms with van der Waals surface area (Å²) in [7, 11) is 3.21. The molecule has 3 rings (SSSR count). The van der Waals surface area contributed by atoms with Crippen molar-refractivity contribution in [3.8, 4) is 11.5 Å². The maximum absolute atomic E-state index is 12.6. The Labute approximate surface area is 157 Å². The minimum absolute atomic E-state index is 0.227. The third-order valence-electron chi connectivity index (χ3n) is 4.27. The Kier molecular flexibility index (Phi) is 5.93. The molecule has 1 unspecified atom stereocenters. The summed E-state index contributed by atoms with van der Waals surface area (Å²) in [5.41, 5.74) is 2.11. The van der Waals surface area contributed by atoms with E-state index in [1.54, 1.807) is 14.2 Å². The highest BCUT2D eigenvalue weighted by molar-refractivity contribution is 6.04. The van der Waals surface area contributed by atoms with Gasteiger partial charge in [0, 0.05) is 12.5 Å². The highest BCUT2D eigenvalue weighted by Gasteiger charge is 2.18. The van der Waals surface area contributed by atoms with Gasteiger partial charge in [-0.25, -0.2) is 0 Å². The van der Waals surface area contributed by atoms with Crippen molar-refractivity contribution < 1.29 is 19.0 Å². The van der Waals surface area contributed by atoms with E-state index in [4.69, 9.17) is 14.2 Å². The molecular weight excluding hydrogens is 346 g/mol. The van der Waals surface area contributed by atoms with Crippen LogP contribution >= 0.6 is 0 Å². The highest BCUT2D eigenvalue weighted by atomic mass is 16.5. The van der Waals surface area contributed by atoms with E-state index in [0.717, 1.165) is 16.5 Å². The third kappa shape index (κ3) is 4.20. The fraction of sp³-hybridized carbons (Fsp3) is 0.300. The molecule has 0 aliphatic rings. The maximum atomic E-state index is 12.6. The van der Waals surface area contributed by atoms with Gasteiger partial charge in [0.05, 0.1) is 25.3 Å². The minimum Gasteiger partial charge on any atom is -0.493 e.